The minimum absolute atomic E-state index is 0.464. The van der Waals surface area contributed by atoms with Crippen molar-refractivity contribution in [3.05, 3.63) is 130 Å². The summed E-state index contributed by atoms with van der Waals surface area (Å²) in [5.74, 6) is 1.18. The van der Waals surface area contributed by atoms with E-state index < -0.39 is 0 Å². The fraction of sp³-hybridized carbons (Fsp3) is 0.273. The maximum atomic E-state index is 5.85. The standard InChI is InChI=1S/C33H36N2/c34-31-18-10-26(11-19-31)22-24-6-14-29(15-7-24)33(28-4-2-1-3-5-28)30-16-8-25(9-17-30)23-27-12-20-32(35)21-13-27/h6-21,28,33H,1-5,22-23,34-35H2. The molecule has 1 saturated carbocycles. The number of hydrogen-bond donors (Lipinski definition) is 2. The molecule has 0 atom stereocenters. The lowest BCUT2D eigenvalue weighted by atomic mass is 9.73. The maximum Gasteiger partial charge on any atom is 0.0314 e. The zero-order chi connectivity index (χ0) is 24.0. The van der Waals surface area contributed by atoms with E-state index in [0.717, 1.165) is 30.1 Å². The van der Waals surface area contributed by atoms with E-state index in [0.29, 0.717) is 5.92 Å². The summed E-state index contributed by atoms with van der Waals surface area (Å²) in [6.45, 7) is 0. The van der Waals surface area contributed by atoms with Gasteiger partial charge in [0.15, 0.2) is 0 Å². The molecule has 0 heterocycles. The van der Waals surface area contributed by atoms with Gasteiger partial charge in [-0.3, -0.25) is 0 Å². The first kappa shape index (κ1) is 23.2. The van der Waals surface area contributed by atoms with Crippen molar-refractivity contribution >= 4 is 11.4 Å². The summed E-state index contributed by atoms with van der Waals surface area (Å²) in [6, 6.07) is 35.2. The van der Waals surface area contributed by atoms with Gasteiger partial charge in [0.05, 0.1) is 0 Å². The Kier molecular flexibility index (Phi) is 7.18. The first-order valence-electron chi connectivity index (χ1n) is 13.0. The number of anilines is 2. The van der Waals surface area contributed by atoms with E-state index in [-0.39, 0.29) is 0 Å². The molecule has 2 heteroatoms. The predicted molar refractivity (Wildman–Crippen MR) is 149 cm³/mol. The molecule has 4 aromatic carbocycles. The van der Waals surface area contributed by atoms with Crippen LogP contribution in [0.2, 0.25) is 0 Å². The number of nitrogen functional groups attached to an aromatic ring is 2. The molecule has 4 N–H and O–H groups in total. The minimum atomic E-state index is 0.464. The van der Waals surface area contributed by atoms with Gasteiger partial charge in [0, 0.05) is 17.3 Å². The molecule has 1 aliphatic carbocycles. The van der Waals surface area contributed by atoms with Crippen LogP contribution in [-0.4, -0.2) is 0 Å². The van der Waals surface area contributed by atoms with Crippen LogP contribution >= 0.6 is 0 Å². The number of nitrogens with two attached hydrogens (primary N) is 2. The summed E-state index contributed by atoms with van der Waals surface area (Å²) < 4.78 is 0. The van der Waals surface area contributed by atoms with E-state index >= 15 is 0 Å². The topological polar surface area (TPSA) is 52.0 Å². The molecule has 35 heavy (non-hydrogen) atoms. The summed E-state index contributed by atoms with van der Waals surface area (Å²) in [5, 5.41) is 0. The second kappa shape index (κ2) is 10.8. The number of benzene rings is 4. The zero-order valence-electron chi connectivity index (χ0n) is 20.5. The monoisotopic (exact) mass is 460 g/mol. The third-order valence-electron chi connectivity index (χ3n) is 7.57. The predicted octanol–water partition coefficient (Wildman–Crippen LogP) is 7.74. The summed E-state index contributed by atoms with van der Waals surface area (Å²) in [4.78, 5) is 0. The highest BCUT2D eigenvalue weighted by Gasteiger charge is 2.26. The number of hydrogen-bond acceptors (Lipinski definition) is 2. The van der Waals surface area contributed by atoms with Gasteiger partial charge in [0.25, 0.3) is 0 Å². The molecule has 1 fully saturated rings. The molecule has 0 amide bonds. The molecule has 0 aliphatic heterocycles. The van der Waals surface area contributed by atoms with Gasteiger partial charge in [-0.25, -0.2) is 0 Å². The largest absolute Gasteiger partial charge is 0.399 e. The quantitative estimate of drug-likeness (QED) is 0.277. The highest BCUT2D eigenvalue weighted by molar-refractivity contribution is 5.43. The van der Waals surface area contributed by atoms with Crippen molar-refractivity contribution in [2.75, 3.05) is 11.5 Å². The van der Waals surface area contributed by atoms with Gasteiger partial charge in [0.2, 0.25) is 0 Å². The molecule has 2 nitrogen and oxygen atoms in total. The third-order valence-corrected chi connectivity index (χ3v) is 7.57. The smallest absolute Gasteiger partial charge is 0.0314 e. The van der Waals surface area contributed by atoms with Crippen molar-refractivity contribution < 1.29 is 0 Å². The molecule has 0 saturated heterocycles. The molecular weight excluding hydrogens is 424 g/mol. The normalized spacial score (nSPS) is 14.3. The van der Waals surface area contributed by atoms with Crippen LogP contribution in [0.5, 0.6) is 0 Å². The van der Waals surface area contributed by atoms with Crippen molar-refractivity contribution in [2.45, 2.75) is 50.9 Å². The Morgan fingerprint density at radius 3 is 1.20 bits per heavy atom. The minimum Gasteiger partial charge on any atom is -0.399 e. The third kappa shape index (κ3) is 5.95. The molecule has 4 aromatic rings. The van der Waals surface area contributed by atoms with E-state index in [1.165, 1.54) is 65.5 Å². The van der Waals surface area contributed by atoms with Gasteiger partial charge in [-0.15, -0.1) is 0 Å². The zero-order valence-corrected chi connectivity index (χ0v) is 20.5. The van der Waals surface area contributed by atoms with Crippen molar-refractivity contribution in [1.29, 1.82) is 0 Å². The van der Waals surface area contributed by atoms with Crippen molar-refractivity contribution in [1.82, 2.24) is 0 Å². The van der Waals surface area contributed by atoms with Crippen LogP contribution in [0, 0.1) is 5.92 Å². The SMILES string of the molecule is Nc1ccc(Cc2ccc(C(c3ccc(Cc4ccc(N)cc4)cc3)C3CCCCC3)cc2)cc1. The van der Waals surface area contributed by atoms with Crippen LogP contribution in [0.3, 0.4) is 0 Å². The molecule has 0 unspecified atom stereocenters. The van der Waals surface area contributed by atoms with Crippen LogP contribution < -0.4 is 11.5 Å². The Balaban J connectivity index is 1.36. The second-order valence-electron chi connectivity index (χ2n) is 10.2. The molecular formula is C33H36N2. The Bertz CT molecular complexity index is 1110. The van der Waals surface area contributed by atoms with Crippen LogP contribution in [0.1, 0.15) is 71.4 Å². The van der Waals surface area contributed by atoms with E-state index in [1.54, 1.807) is 0 Å². The lowest BCUT2D eigenvalue weighted by Gasteiger charge is -2.31. The fourth-order valence-electron chi connectivity index (χ4n) is 5.63. The van der Waals surface area contributed by atoms with Gasteiger partial charge in [-0.05, 0) is 89.2 Å². The maximum absolute atomic E-state index is 5.85. The second-order valence-corrected chi connectivity index (χ2v) is 10.2. The summed E-state index contributed by atoms with van der Waals surface area (Å²) >= 11 is 0. The summed E-state index contributed by atoms with van der Waals surface area (Å²) in [5.41, 5.74) is 21.5. The summed E-state index contributed by atoms with van der Waals surface area (Å²) in [7, 11) is 0. The van der Waals surface area contributed by atoms with Crippen LogP contribution in [0.25, 0.3) is 0 Å². The van der Waals surface area contributed by atoms with Crippen LogP contribution in [-0.2, 0) is 12.8 Å². The van der Waals surface area contributed by atoms with E-state index in [1.807, 2.05) is 24.3 Å². The lowest BCUT2D eigenvalue weighted by molar-refractivity contribution is 0.327. The van der Waals surface area contributed by atoms with Gasteiger partial charge in [0.1, 0.15) is 0 Å². The highest BCUT2D eigenvalue weighted by Crippen LogP contribution is 2.40. The van der Waals surface area contributed by atoms with Crippen molar-refractivity contribution in [3.8, 4) is 0 Å². The Labute approximate surface area is 210 Å². The fourth-order valence-corrected chi connectivity index (χ4v) is 5.63. The average molecular weight is 461 g/mol. The molecule has 0 spiro atoms. The van der Waals surface area contributed by atoms with Crippen molar-refractivity contribution in [2.24, 2.45) is 5.92 Å². The molecule has 0 bridgehead atoms. The molecule has 178 valence electrons. The van der Waals surface area contributed by atoms with E-state index in [2.05, 4.69) is 72.8 Å². The highest BCUT2D eigenvalue weighted by atomic mass is 14.5. The Hall–Kier alpha value is -3.52. The Morgan fingerprint density at radius 1 is 0.486 bits per heavy atom. The lowest BCUT2D eigenvalue weighted by Crippen LogP contribution is -2.17. The molecule has 5 rings (SSSR count). The molecule has 0 aromatic heterocycles. The first-order chi connectivity index (χ1) is 17.1. The number of rotatable bonds is 7. The molecule has 1 aliphatic rings. The van der Waals surface area contributed by atoms with Gasteiger partial charge in [-0.2, -0.15) is 0 Å². The molecule has 0 radical (unpaired) electrons. The average Bonchev–Trinajstić information content (AvgIpc) is 2.90. The Morgan fingerprint density at radius 2 is 0.829 bits per heavy atom. The summed E-state index contributed by atoms with van der Waals surface area (Å²) in [6.07, 6.45) is 8.61. The van der Waals surface area contributed by atoms with Gasteiger partial charge in [-0.1, -0.05) is 92.1 Å². The first-order valence-corrected chi connectivity index (χ1v) is 13.0. The van der Waals surface area contributed by atoms with Crippen LogP contribution in [0.4, 0.5) is 11.4 Å². The van der Waals surface area contributed by atoms with Gasteiger partial charge < -0.3 is 11.5 Å². The van der Waals surface area contributed by atoms with Gasteiger partial charge >= 0.3 is 0 Å². The van der Waals surface area contributed by atoms with E-state index in [4.69, 9.17) is 11.5 Å². The van der Waals surface area contributed by atoms with E-state index in [9.17, 15) is 0 Å². The van der Waals surface area contributed by atoms with Crippen LogP contribution in [0.15, 0.2) is 97.1 Å². The van der Waals surface area contributed by atoms with Crippen molar-refractivity contribution in [3.63, 3.8) is 0 Å².